The summed E-state index contributed by atoms with van der Waals surface area (Å²) >= 11 is 0. The topological polar surface area (TPSA) is 69.1 Å². The maximum atomic E-state index is 12.5. The lowest BCUT2D eigenvalue weighted by Gasteiger charge is -2.58. The summed E-state index contributed by atoms with van der Waals surface area (Å²) in [4.78, 5) is 24.4. The average Bonchev–Trinajstić information content (AvgIpc) is 2.92. The third-order valence-electron chi connectivity index (χ3n) is 8.70. The van der Waals surface area contributed by atoms with Crippen LogP contribution in [0.2, 0.25) is 0 Å². The molecule has 4 aliphatic carbocycles. The van der Waals surface area contributed by atoms with E-state index in [0.29, 0.717) is 23.9 Å². The molecule has 0 aromatic rings. The highest BCUT2D eigenvalue weighted by Gasteiger charge is 2.59. The smallest absolute Gasteiger partial charge is 0.155 e. The molecule has 6 atom stereocenters. The number of allylic oxidation sites excluding steroid dienone is 1. The number of hydrogen-bond donors (Lipinski definition) is 1. The van der Waals surface area contributed by atoms with Crippen molar-refractivity contribution in [2.75, 3.05) is 0 Å². The molecule has 140 valence electrons. The predicted molar refractivity (Wildman–Crippen MR) is 101 cm³/mol. The van der Waals surface area contributed by atoms with Crippen molar-refractivity contribution in [1.82, 2.24) is 6.15 Å². The Kier molecular flexibility index (Phi) is 4.77. The van der Waals surface area contributed by atoms with Crippen LogP contribution in [0.25, 0.3) is 0 Å². The van der Waals surface area contributed by atoms with Crippen LogP contribution in [0, 0.1) is 34.5 Å². The molecule has 0 heterocycles. The summed E-state index contributed by atoms with van der Waals surface area (Å²) in [7, 11) is 0. The van der Waals surface area contributed by atoms with Crippen molar-refractivity contribution in [3.05, 3.63) is 11.6 Å². The summed E-state index contributed by atoms with van der Waals surface area (Å²) in [5.74, 6) is 3.40. The molecule has 3 nitrogen and oxygen atoms in total. The SMILES string of the molecule is CCC(=O)C1CCC2C3CCC4=CC(=O)CCC4(C)C3CCC12C.N. The zero-order valence-corrected chi connectivity index (χ0v) is 16.3. The van der Waals surface area contributed by atoms with Gasteiger partial charge in [0, 0.05) is 18.8 Å². The molecule has 0 bridgehead atoms. The number of fused-ring (bicyclic) bond motifs is 5. The monoisotopic (exact) mass is 345 g/mol. The number of hydrogen-bond acceptors (Lipinski definition) is 3. The van der Waals surface area contributed by atoms with Crippen LogP contribution in [0.5, 0.6) is 0 Å². The molecule has 4 aliphatic rings. The first-order valence-electron chi connectivity index (χ1n) is 10.2. The van der Waals surface area contributed by atoms with E-state index in [2.05, 4.69) is 13.8 Å². The third-order valence-corrected chi connectivity index (χ3v) is 8.70. The van der Waals surface area contributed by atoms with Gasteiger partial charge in [0.05, 0.1) is 0 Å². The highest BCUT2D eigenvalue weighted by Crippen LogP contribution is 2.66. The highest BCUT2D eigenvalue weighted by molar-refractivity contribution is 5.91. The van der Waals surface area contributed by atoms with Gasteiger partial charge in [0.2, 0.25) is 0 Å². The molecule has 0 aromatic heterocycles. The Labute approximate surface area is 152 Å². The molecule has 0 aliphatic heterocycles. The van der Waals surface area contributed by atoms with Crippen LogP contribution in [0.3, 0.4) is 0 Å². The lowest BCUT2D eigenvalue weighted by atomic mass is 9.46. The molecule has 3 heteroatoms. The van der Waals surface area contributed by atoms with Crippen molar-refractivity contribution < 1.29 is 9.59 Å². The van der Waals surface area contributed by atoms with E-state index < -0.39 is 0 Å². The Morgan fingerprint density at radius 1 is 1.08 bits per heavy atom. The fourth-order valence-corrected chi connectivity index (χ4v) is 7.33. The highest BCUT2D eigenvalue weighted by atomic mass is 16.1. The molecule has 0 spiro atoms. The molecule has 3 saturated carbocycles. The summed E-state index contributed by atoms with van der Waals surface area (Å²) in [5, 5.41) is 0. The summed E-state index contributed by atoms with van der Waals surface area (Å²) in [6, 6.07) is 0. The van der Waals surface area contributed by atoms with Gasteiger partial charge in [-0.15, -0.1) is 0 Å². The maximum Gasteiger partial charge on any atom is 0.155 e. The van der Waals surface area contributed by atoms with Crippen molar-refractivity contribution in [2.45, 2.75) is 78.6 Å². The third kappa shape index (κ3) is 2.57. The first-order valence-corrected chi connectivity index (χ1v) is 10.2. The van der Waals surface area contributed by atoms with Gasteiger partial charge in [0.15, 0.2) is 5.78 Å². The minimum absolute atomic E-state index is 0. The molecular weight excluding hydrogens is 310 g/mol. The molecule has 0 radical (unpaired) electrons. The van der Waals surface area contributed by atoms with Gasteiger partial charge in [0.25, 0.3) is 0 Å². The molecular formula is C22H35NO2. The van der Waals surface area contributed by atoms with Gasteiger partial charge in [-0.1, -0.05) is 26.3 Å². The normalized spacial score (nSPS) is 45.6. The number of rotatable bonds is 2. The Morgan fingerprint density at radius 2 is 1.84 bits per heavy atom. The first kappa shape index (κ1) is 18.8. The van der Waals surface area contributed by atoms with E-state index in [4.69, 9.17) is 0 Å². The second-order valence-corrected chi connectivity index (χ2v) is 9.46. The quantitative estimate of drug-likeness (QED) is 0.740. The summed E-state index contributed by atoms with van der Waals surface area (Å²) in [6.45, 7) is 6.90. The maximum absolute atomic E-state index is 12.5. The van der Waals surface area contributed by atoms with Gasteiger partial charge in [-0.3, -0.25) is 9.59 Å². The van der Waals surface area contributed by atoms with E-state index >= 15 is 0 Å². The molecule has 0 aromatic carbocycles. The van der Waals surface area contributed by atoms with Crippen molar-refractivity contribution in [3.8, 4) is 0 Å². The largest absolute Gasteiger partial charge is 0.344 e. The number of ketones is 2. The van der Waals surface area contributed by atoms with Crippen LogP contribution in [-0.4, -0.2) is 11.6 Å². The number of Topliss-reactive ketones (excluding diaryl/α,β-unsaturated/α-hetero) is 1. The van der Waals surface area contributed by atoms with Crippen molar-refractivity contribution >= 4 is 11.6 Å². The van der Waals surface area contributed by atoms with Crippen LogP contribution < -0.4 is 6.15 Å². The van der Waals surface area contributed by atoms with Gasteiger partial charge in [-0.25, -0.2) is 0 Å². The number of carbonyl (C=O) groups is 2. The van der Waals surface area contributed by atoms with Gasteiger partial charge < -0.3 is 6.15 Å². The summed E-state index contributed by atoms with van der Waals surface area (Å²) < 4.78 is 0. The van der Waals surface area contributed by atoms with E-state index in [1.165, 1.54) is 31.3 Å². The zero-order chi connectivity index (χ0) is 17.1. The Balaban J connectivity index is 0.00000182. The van der Waals surface area contributed by atoms with Crippen molar-refractivity contribution in [3.63, 3.8) is 0 Å². The fourth-order valence-electron chi connectivity index (χ4n) is 7.33. The van der Waals surface area contributed by atoms with Crippen LogP contribution in [0.4, 0.5) is 0 Å². The van der Waals surface area contributed by atoms with Crippen LogP contribution >= 0.6 is 0 Å². The lowest BCUT2D eigenvalue weighted by molar-refractivity contribution is -0.130. The zero-order valence-electron chi connectivity index (χ0n) is 16.3. The molecule has 3 fully saturated rings. The number of carbonyl (C=O) groups excluding carboxylic acids is 2. The predicted octanol–water partition coefficient (Wildman–Crippen LogP) is 5.28. The molecule has 4 rings (SSSR count). The van der Waals surface area contributed by atoms with E-state index in [1.54, 1.807) is 0 Å². The molecule has 0 amide bonds. The van der Waals surface area contributed by atoms with E-state index in [0.717, 1.165) is 43.4 Å². The van der Waals surface area contributed by atoms with Gasteiger partial charge in [-0.2, -0.15) is 0 Å². The fraction of sp³-hybridized carbons (Fsp3) is 0.818. The van der Waals surface area contributed by atoms with Crippen LogP contribution in [-0.2, 0) is 9.59 Å². The van der Waals surface area contributed by atoms with E-state index in [9.17, 15) is 9.59 Å². The van der Waals surface area contributed by atoms with E-state index in [1.807, 2.05) is 13.0 Å². The second kappa shape index (κ2) is 6.33. The van der Waals surface area contributed by atoms with Crippen molar-refractivity contribution in [1.29, 1.82) is 0 Å². The first-order chi connectivity index (χ1) is 11.4. The average molecular weight is 346 g/mol. The van der Waals surface area contributed by atoms with Crippen LogP contribution in [0.15, 0.2) is 11.6 Å². The molecule has 3 N–H and O–H groups in total. The lowest BCUT2D eigenvalue weighted by Crippen LogP contribution is -2.51. The van der Waals surface area contributed by atoms with E-state index in [-0.39, 0.29) is 17.0 Å². The summed E-state index contributed by atoms with van der Waals surface area (Å²) in [5.41, 5.74) is 1.95. The molecule has 25 heavy (non-hydrogen) atoms. The molecule has 0 saturated heterocycles. The minimum Gasteiger partial charge on any atom is -0.344 e. The van der Waals surface area contributed by atoms with Crippen molar-refractivity contribution in [2.24, 2.45) is 34.5 Å². The molecule has 6 unspecified atom stereocenters. The Morgan fingerprint density at radius 3 is 2.56 bits per heavy atom. The Hall–Kier alpha value is -0.960. The Bertz CT molecular complexity index is 609. The second-order valence-electron chi connectivity index (χ2n) is 9.46. The standard InChI is InChI=1S/C22H32O2.H3N/c1-4-20(24)19-8-7-17-16-6-5-14-13-15(23)9-11-21(14,2)18(16)10-12-22(17,19)3;/h13,16-19H,4-12H2,1-3H3;1H3. The summed E-state index contributed by atoms with van der Waals surface area (Å²) in [6.07, 6.45) is 11.7. The van der Waals surface area contributed by atoms with Gasteiger partial charge in [0.1, 0.15) is 5.78 Å². The van der Waals surface area contributed by atoms with Gasteiger partial charge in [-0.05, 0) is 79.6 Å². The van der Waals surface area contributed by atoms with Crippen LogP contribution in [0.1, 0.15) is 78.6 Å². The minimum atomic E-state index is 0. The van der Waals surface area contributed by atoms with Gasteiger partial charge >= 0.3 is 0 Å².